The van der Waals surface area contributed by atoms with E-state index in [9.17, 15) is 23.1 Å². The Morgan fingerprint density at radius 3 is 2.91 bits per heavy atom. The minimum atomic E-state index is -4.46. The molecule has 2 rings (SSSR count). The minimum Gasteiger partial charge on any atom is -0.387 e. The molecule has 0 aliphatic carbocycles. The van der Waals surface area contributed by atoms with E-state index in [1.165, 1.54) is 12.1 Å². The summed E-state index contributed by atoms with van der Waals surface area (Å²) < 4.78 is 37.9. The normalized spacial score (nSPS) is 20.1. The van der Waals surface area contributed by atoms with Crippen LogP contribution in [0, 0.1) is 0 Å². The molecule has 1 aliphatic rings. The maximum atomic E-state index is 12.6. The number of carbonyl (C=O) groups is 1. The molecule has 1 saturated heterocycles. The molecule has 0 radical (unpaired) electrons. The number of aliphatic hydroxyl groups excluding tert-OH is 1. The first-order valence-electron chi connectivity index (χ1n) is 7.29. The van der Waals surface area contributed by atoms with Gasteiger partial charge < -0.3 is 15.7 Å². The second-order valence-corrected chi connectivity index (χ2v) is 6.52. The summed E-state index contributed by atoms with van der Waals surface area (Å²) in [5, 5.41) is 15.8. The first-order chi connectivity index (χ1) is 10.9. The second-order valence-electron chi connectivity index (χ2n) is 5.37. The SMILES string of the molecule is O=C(CC1CSCCN1)NCC(O)c1cccc(C(F)(F)F)c1. The summed E-state index contributed by atoms with van der Waals surface area (Å²) in [7, 11) is 0. The number of thioether (sulfide) groups is 1. The van der Waals surface area contributed by atoms with Crippen LogP contribution in [0.4, 0.5) is 13.2 Å². The Balaban J connectivity index is 1.84. The number of alkyl halides is 3. The van der Waals surface area contributed by atoms with Crippen molar-refractivity contribution in [2.75, 3.05) is 24.6 Å². The first-order valence-corrected chi connectivity index (χ1v) is 8.45. The maximum absolute atomic E-state index is 12.6. The summed E-state index contributed by atoms with van der Waals surface area (Å²) in [6.07, 6.45) is -5.33. The number of aliphatic hydroxyl groups is 1. The van der Waals surface area contributed by atoms with Crippen LogP contribution in [0.15, 0.2) is 24.3 Å². The van der Waals surface area contributed by atoms with E-state index in [1.54, 1.807) is 11.8 Å². The van der Waals surface area contributed by atoms with E-state index >= 15 is 0 Å². The van der Waals surface area contributed by atoms with Gasteiger partial charge in [-0.15, -0.1) is 0 Å². The summed E-state index contributed by atoms with van der Waals surface area (Å²) in [5.41, 5.74) is -0.685. The van der Waals surface area contributed by atoms with Gasteiger partial charge in [0.25, 0.3) is 0 Å². The lowest BCUT2D eigenvalue weighted by Crippen LogP contribution is -2.41. The van der Waals surface area contributed by atoms with Crippen molar-refractivity contribution < 1.29 is 23.1 Å². The molecule has 23 heavy (non-hydrogen) atoms. The number of benzene rings is 1. The molecule has 3 N–H and O–H groups in total. The molecule has 0 bridgehead atoms. The van der Waals surface area contributed by atoms with Crippen LogP contribution in [0.25, 0.3) is 0 Å². The predicted molar refractivity (Wildman–Crippen MR) is 83.1 cm³/mol. The summed E-state index contributed by atoms with van der Waals surface area (Å²) in [4.78, 5) is 11.8. The Hall–Kier alpha value is -1.25. The van der Waals surface area contributed by atoms with E-state index in [0.29, 0.717) is 6.42 Å². The maximum Gasteiger partial charge on any atom is 0.416 e. The molecule has 2 atom stereocenters. The smallest absolute Gasteiger partial charge is 0.387 e. The number of rotatable bonds is 5. The van der Waals surface area contributed by atoms with Crippen molar-refractivity contribution in [1.29, 1.82) is 0 Å². The number of hydrogen-bond donors (Lipinski definition) is 3. The van der Waals surface area contributed by atoms with Crippen LogP contribution in [0.5, 0.6) is 0 Å². The predicted octanol–water partition coefficient (Wildman–Crippen LogP) is 1.95. The molecule has 1 aromatic carbocycles. The average Bonchev–Trinajstić information content (AvgIpc) is 2.53. The molecular formula is C15H19F3N2O2S. The molecule has 2 unspecified atom stereocenters. The molecule has 4 nitrogen and oxygen atoms in total. The van der Waals surface area contributed by atoms with E-state index in [-0.39, 0.29) is 24.1 Å². The van der Waals surface area contributed by atoms with Crippen molar-refractivity contribution in [2.24, 2.45) is 0 Å². The summed E-state index contributed by atoms with van der Waals surface area (Å²) in [6.45, 7) is 0.746. The number of hydrogen-bond acceptors (Lipinski definition) is 4. The third kappa shape index (κ3) is 5.71. The van der Waals surface area contributed by atoms with Gasteiger partial charge in [-0.05, 0) is 17.7 Å². The molecule has 0 spiro atoms. The van der Waals surface area contributed by atoms with Crippen LogP contribution in [0.2, 0.25) is 0 Å². The molecule has 1 amide bonds. The van der Waals surface area contributed by atoms with Crippen LogP contribution in [-0.2, 0) is 11.0 Å². The van der Waals surface area contributed by atoms with Gasteiger partial charge in [0.15, 0.2) is 0 Å². The Bertz CT molecular complexity index is 534. The van der Waals surface area contributed by atoms with Gasteiger partial charge in [0.2, 0.25) is 5.91 Å². The van der Waals surface area contributed by atoms with Crippen LogP contribution in [0.3, 0.4) is 0 Å². The number of amides is 1. The number of halogens is 3. The monoisotopic (exact) mass is 348 g/mol. The van der Waals surface area contributed by atoms with Crippen molar-refractivity contribution in [1.82, 2.24) is 10.6 Å². The Labute approximate surface area is 136 Å². The van der Waals surface area contributed by atoms with Gasteiger partial charge in [-0.1, -0.05) is 12.1 Å². The topological polar surface area (TPSA) is 61.4 Å². The van der Waals surface area contributed by atoms with E-state index < -0.39 is 17.8 Å². The van der Waals surface area contributed by atoms with Crippen LogP contribution >= 0.6 is 11.8 Å². The zero-order valence-corrected chi connectivity index (χ0v) is 13.2. The van der Waals surface area contributed by atoms with E-state index in [0.717, 1.165) is 30.2 Å². The largest absolute Gasteiger partial charge is 0.416 e. The zero-order valence-electron chi connectivity index (χ0n) is 12.4. The van der Waals surface area contributed by atoms with Crippen LogP contribution in [0.1, 0.15) is 23.7 Å². The molecular weight excluding hydrogens is 329 g/mol. The fourth-order valence-corrected chi connectivity index (χ4v) is 3.25. The third-order valence-corrected chi connectivity index (χ3v) is 4.65. The highest BCUT2D eigenvalue weighted by molar-refractivity contribution is 7.99. The van der Waals surface area contributed by atoms with Crippen molar-refractivity contribution in [2.45, 2.75) is 24.7 Å². The Morgan fingerprint density at radius 1 is 1.48 bits per heavy atom. The quantitative estimate of drug-likeness (QED) is 0.761. The van der Waals surface area contributed by atoms with Crippen molar-refractivity contribution in [3.63, 3.8) is 0 Å². The fourth-order valence-electron chi connectivity index (χ4n) is 2.30. The Kier molecular flexibility index (Phi) is 6.32. The first kappa shape index (κ1) is 18.1. The van der Waals surface area contributed by atoms with Gasteiger partial charge in [0.1, 0.15) is 0 Å². The molecule has 1 fully saturated rings. The lowest BCUT2D eigenvalue weighted by molar-refractivity contribution is -0.137. The van der Waals surface area contributed by atoms with Gasteiger partial charge in [0.05, 0.1) is 11.7 Å². The minimum absolute atomic E-state index is 0.0967. The van der Waals surface area contributed by atoms with Crippen molar-refractivity contribution >= 4 is 17.7 Å². The highest BCUT2D eigenvalue weighted by Crippen LogP contribution is 2.30. The highest BCUT2D eigenvalue weighted by atomic mass is 32.2. The summed E-state index contributed by atoms with van der Waals surface area (Å²) >= 11 is 1.77. The lowest BCUT2D eigenvalue weighted by atomic mass is 10.1. The molecule has 1 aromatic rings. The fraction of sp³-hybridized carbons (Fsp3) is 0.533. The van der Waals surface area contributed by atoms with E-state index in [2.05, 4.69) is 10.6 Å². The average molecular weight is 348 g/mol. The van der Waals surface area contributed by atoms with Crippen LogP contribution in [-0.4, -0.2) is 41.7 Å². The highest BCUT2D eigenvalue weighted by Gasteiger charge is 2.30. The number of nitrogens with one attached hydrogen (secondary N) is 2. The van der Waals surface area contributed by atoms with Crippen LogP contribution < -0.4 is 10.6 Å². The third-order valence-electron chi connectivity index (χ3n) is 3.52. The molecule has 1 aliphatic heterocycles. The molecule has 0 saturated carbocycles. The molecule has 1 heterocycles. The van der Waals surface area contributed by atoms with Gasteiger partial charge >= 0.3 is 6.18 Å². The molecule has 128 valence electrons. The summed E-state index contributed by atoms with van der Waals surface area (Å²) in [5.74, 6) is 1.65. The second kappa shape index (κ2) is 8.03. The van der Waals surface area contributed by atoms with Gasteiger partial charge in [-0.25, -0.2) is 0 Å². The summed E-state index contributed by atoms with van der Waals surface area (Å²) in [6, 6.07) is 4.59. The molecule has 8 heteroatoms. The number of carbonyl (C=O) groups excluding carboxylic acids is 1. The molecule has 0 aromatic heterocycles. The zero-order chi connectivity index (χ0) is 16.9. The van der Waals surface area contributed by atoms with Crippen molar-refractivity contribution in [3.8, 4) is 0 Å². The van der Waals surface area contributed by atoms with E-state index in [4.69, 9.17) is 0 Å². The van der Waals surface area contributed by atoms with E-state index in [1.807, 2.05) is 0 Å². The van der Waals surface area contributed by atoms with Gasteiger partial charge in [-0.2, -0.15) is 24.9 Å². The standard InChI is InChI=1S/C15H19F3N2O2S/c16-15(17,18)11-3-1-2-10(6-11)13(21)8-20-14(22)7-12-9-23-5-4-19-12/h1-3,6,12-13,19,21H,4-5,7-9H2,(H,20,22). The Morgan fingerprint density at radius 2 is 2.26 bits per heavy atom. The van der Waals surface area contributed by atoms with Crippen molar-refractivity contribution in [3.05, 3.63) is 35.4 Å². The van der Waals surface area contributed by atoms with Gasteiger partial charge in [0, 0.05) is 37.1 Å². The lowest BCUT2D eigenvalue weighted by Gasteiger charge is -2.22. The van der Waals surface area contributed by atoms with Gasteiger partial charge in [-0.3, -0.25) is 4.79 Å².